The molecular formula is C18H22FNO3S. The van der Waals surface area contributed by atoms with Crippen LogP contribution in [0.15, 0.2) is 41.3 Å². The summed E-state index contributed by atoms with van der Waals surface area (Å²) in [7, 11) is -2.53. The average molecular weight is 351 g/mol. The second-order valence-electron chi connectivity index (χ2n) is 5.43. The zero-order valence-corrected chi connectivity index (χ0v) is 14.9. The maximum Gasteiger partial charge on any atom is 0.244 e. The first-order valence-corrected chi connectivity index (χ1v) is 9.33. The third-order valence-electron chi connectivity index (χ3n) is 3.93. The van der Waals surface area contributed by atoms with E-state index in [-0.39, 0.29) is 17.2 Å². The van der Waals surface area contributed by atoms with Gasteiger partial charge in [-0.05, 0) is 47.7 Å². The van der Waals surface area contributed by atoms with Crippen LogP contribution in [0.25, 0.3) is 0 Å². The SMILES string of the molecule is CCc1ccc(CC)c(CNS(=O)(=O)c2cc(F)ccc2OC)c1. The van der Waals surface area contributed by atoms with Crippen LogP contribution in [-0.4, -0.2) is 15.5 Å². The van der Waals surface area contributed by atoms with Crippen LogP contribution < -0.4 is 9.46 Å². The van der Waals surface area contributed by atoms with Crippen molar-refractivity contribution in [3.05, 3.63) is 58.9 Å². The molecule has 0 aromatic heterocycles. The summed E-state index contributed by atoms with van der Waals surface area (Å²) < 4.78 is 46.1. The Kier molecular flexibility index (Phi) is 5.96. The van der Waals surface area contributed by atoms with Gasteiger partial charge in [0.25, 0.3) is 0 Å². The summed E-state index contributed by atoms with van der Waals surface area (Å²) in [5, 5.41) is 0. The standard InChI is InChI=1S/C18H22FNO3S/c1-4-13-6-7-14(5-2)15(10-13)12-20-24(21,22)18-11-16(19)8-9-17(18)23-3/h6-11,20H,4-5,12H2,1-3H3. The van der Waals surface area contributed by atoms with Gasteiger partial charge in [-0.1, -0.05) is 32.0 Å². The number of aryl methyl sites for hydroxylation is 2. The highest BCUT2D eigenvalue weighted by Crippen LogP contribution is 2.24. The van der Waals surface area contributed by atoms with Crippen LogP contribution in [0.4, 0.5) is 4.39 Å². The van der Waals surface area contributed by atoms with Crippen molar-refractivity contribution < 1.29 is 17.5 Å². The first-order valence-electron chi connectivity index (χ1n) is 7.85. The number of nitrogens with one attached hydrogen (secondary N) is 1. The summed E-state index contributed by atoms with van der Waals surface area (Å²) >= 11 is 0. The highest BCUT2D eigenvalue weighted by Gasteiger charge is 2.20. The second kappa shape index (κ2) is 7.77. The predicted molar refractivity (Wildman–Crippen MR) is 92.2 cm³/mol. The first kappa shape index (κ1) is 18.4. The van der Waals surface area contributed by atoms with E-state index < -0.39 is 15.8 Å². The van der Waals surface area contributed by atoms with E-state index in [0.29, 0.717) is 0 Å². The monoisotopic (exact) mass is 351 g/mol. The molecule has 6 heteroatoms. The minimum absolute atomic E-state index is 0.113. The van der Waals surface area contributed by atoms with E-state index in [2.05, 4.69) is 4.72 Å². The number of ether oxygens (including phenoxy) is 1. The summed E-state index contributed by atoms with van der Waals surface area (Å²) in [5.41, 5.74) is 3.15. The van der Waals surface area contributed by atoms with Crippen molar-refractivity contribution in [1.82, 2.24) is 4.72 Å². The van der Waals surface area contributed by atoms with Crippen LogP contribution >= 0.6 is 0 Å². The van der Waals surface area contributed by atoms with Gasteiger partial charge >= 0.3 is 0 Å². The van der Waals surface area contributed by atoms with Crippen LogP contribution in [0.3, 0.4) is 0 Å². The second-order valence-corrected chi connectivity index (χ2v) is 7.17. The van der Waals surface area contributed by atoms with Crippen molar-refractivity contribution in [2.75, 3.05) is 7.11 Å². The summed E-state index contributed by atoms with van der Waals surface area (Å²) in [6.45, 7) is 4.22. The van der Waals surface area contributed by atoms with E-state index in [9.17, 15) is 12.8 Å². The molecule has 0 radical (unpaired) electrons. The minimum atomic E-state index is -3.88. The Morgan fingerprint density at radius 2 is 1.79 bits per heavy atom. The van der Waals surface area contributed by atoms with Crippen molar-refractivity contribution >= 4 is 10.0 Å². The fraction of sp³-hybridized carbons (Fsp3) is 0.333. The van der Waals surface area contributed by atoms with Crippen LogP contribution in [-0.2, 0) is 29.4 Å². The van der Waals surface area contributed by atoms with Gasteiger partial charge in [0, 0.05) is 6.54 Å². The molecule has 2 aromatic carbocycles. The number of methoxy groups -OCH3 is 1. The Morgan fingerprint density at radius 1 is 1.04 bits per heavy atom. The third kappa shape index (κ3) is 4.13. The maximum absolute atomic E-state index is 13.4. The Bertz CT molecular complexity index is 819. The van der Waals surface area contributed by atoms with Crippen molar-refractivity contribution in [3.8, 4) is 5.75 Å². The van der Waals surface area contributed by atoms with E-state index in [1.807, 2.05) is 32.0 Å². The minimum Gasteiger partial charge on any atom is -0.495 e. The van der Waals surface area contributed by atoms with E-state index >= 15 is 0 Å². The molecule has 0 aliphatic heterocycles. The average Bonchev–Trinajstić information content (AvgIpc) is 2.59. The molecule has 0 spiro atoms. The van der Waals surface area contributed by atoms with Crippen LogP contribution in [0.5, 0.6) is 5.75 Å². The van der Waals surface area contributed by atoms with Crippen LogP contribution in [0, 0.1) is 5.82 Å². The normalized spacial score (nSPS) is 11.5. The van der Waals surface area contributed by atoms with E-state index in [1.165, 1.54) is 13.2 Å². The molecule has 0 fully saturated rings. The van der Waals surface area contributed by atoms with Gasteiger partial charge in [0.2, 0.25) is 10.0 Å². The number of halogens is 1. The number of sulfonamides is 1. The van der Waals surface area contributed by atoms with Crippen LogP contribution in [0.2, 0.25) is 0 Å². The fourth-order valence-corrected chi connectivity index (χ4v) is 3.70. The van der Waals surface area contributed by atoms with Gasteiger partial charge in [-0.15, -0.1) is 0 Å². The van der Waals surface area contributed by atoms with E-state index in [1.54, 1.807) is 0 Å². The molecule has 4 nitrogen and oxygen atoms in total. The largest absolute Gasteiger partial charge is 0.495 e. The van der Waals surface area contributed by atoms with Crippen molar-refractivity contribution in [2.45, 2.75) is 38.1 Å². The van der Waals surface area contributed by atoms with E-state index in [4.69, 9.17) is 4.74 Å². The Morgan fingerprint density at radius 3 is 2.42 bits per heavy atom. The van der Waals surface area contributed by atoms with Gasteiger partial charge in [0.15, 0.2) is 0 Å². The topological polar surface area (TPSA) is 55.4 Å². The Hall–Kier alpha value is -1.92. The highest BCUT2D eigenvalue weighted by molar-refractivity contribution is 7.89. The quantitative estimate of drug-likeness (QED) is 0.831. The van der Waals surface area contributed by atoms with Crippen LogP contribution in [0.1, 0.15) is 30.5 Å². The van der Waals surface area contributed by atoms with Crippen molar-refractivity contribution in [1.29, 1.82) is 0 Å². The third-order valence-corrected chi connectivity index (χ3v) is 5.35. The fourth-order valence-electron chi connectivity index (χ4n) is 2.52. The molecular weight excluding hydrogens is 329 g/mol. The molecule has 0 heterocycles. The van der Waals surface area contributed by atoms with Gasteiger partial charge in [-0.2, -0.15) is 0 Å². The van der Waals surface area contributed by atoms with Crippen molar-refractivity contribution in [2.24, 2.45) is 0 Å². The van der Waals surface area contributed by atoms with Crippen molar-refractivity contribution in [3.63, 3.8) is 0 Å². The first-order chi connectivity index (χ1) is 11.4. The highest BCUT2D eigenvalue weighted by atomic mass is 32.2. The number of benzene rings is 2. The molecule has 0 bridgehead atoms. The van der Waals surface area contributed by atoms with Gasteiger partial charge < -0.3 is 4.74 Å². The molecule has 0 saturated heterocycles. The molecule has 130 valence electrons. The molecule has 2 aromatic rings. The zero-order valence-electron chi connectivity index (χ0n) is 14.1. The lowest BCUT2D eigenvalue weighted by molar-refractivity contribution is 0.400. The summed E-state index contributed by atoms with van der Waals surface area (Å²) in [5.74, 6) is -0.514. The lowest BCUT2D eigenvalue weighted by Crippen LogP contribution is -2.24. The number of hydrogen-bond acceptors (Lipinski definition) is 3. The number of rotatable bonds is 7. The Labute approximate surface area is 142 Å². The molecule has 2 rings (SSSR count). The molecule has 0 aliphatic carbocycles. The van der Waals surface area contributed by atoms with Gasteiger partial charge in [0.1, 0.15) is 16.5 Å². The molecule has 1 N–H and O–H groups in total. The molecule has 0 amide bonds. The molecule has 0 aliphatic rings. The smallest absolute Gasteiger partial charge is 0.244 e. The molecule has 0 atom stereocenters. The zero-order chi connectivity index (χ0) is 17.7. The van der Waals surface area contributed by atoms with Gasteiger partial charge in [0.05, 0.1) is 7.11 Å². The predicted octanol–water partition coefficient (Wildman–Crippen LogP) is 3.44. The lowest BCUT2D eigenvalue weighted by atomic mass is 10.0. The summed E-state index contributed by atoms with van der Waals surface area (Å²) in [6, 6.07) is 9.50. The lowest BCUT2D eigenvalue weighted by Gasteiger charge is -2.13. The molecule has 0 unspecified atom stereocenters. The molecule has 0 saturated carbocycles. The summed E-state index contributed by atoms with van der Waals surface area (Å²) in [4.78, 5) is -0.199. The summed E-state index contributed by atoms with van der Waals surface area (Å²) in [6.07, 6.45) is 1.69. The van der Waals surface area contributed by atoms with E-state index in [0.717, 1.165) is 41.7 Å². The maximum atomic E-state index is 13.4. The Balaban J connectivity index is 2.30. The molecule has 24 heavy (non-hydrogen) atoms. The number of hydrogen-bond donors (Lipinski definition) is 1. The van der Waals surface area contributed by atoms with Gasteiger partial charge in [-0.3, -0.25) is 0 Å². The van der Waals surface area contributed by atoms with Gasteiger partial charge in [-0.25, -0.2) is 17.5 Å².